The lowest BCUT2D eigenvalue weighted by Gasteiger charge is -2.11. The number of hydrogen-bond acceptors (Lipinski definition) is 8. The molecule has 2 aromatic carbocycles. The summed E-state index contributed by atoms with van der Waals surface area (Å²) in [5.74, 6) is -0.558. The van der Waals surface area contributed by atoms with E-state index in [9.17, 15) is 14.4 Å². The summed E-state index contributed by atoms with van der Waals surface area (Å²) in [5.41, 5.74) is 1.70. The highest BCUT2D eigenvalue weighted by molar-refractivity contribution is 5.90. The Morgan fingerprint density at radius 2 is 1.62 bits per heavy atom. The van der Waals surface area contributed by atoms with Crippen molar-refractivity contribution in [2.45, 2.75) is 13.8 Å². The van der Waals surface area contributed by atoms with Gasteiger partial charge in [0.1, 0.15) is 30.5 Å². The zero-order valence-corrected chi connectivity index (χ0v) is 19.0. The number of benzene rings is 2. The number of ether oxygens (including phenoxy) is 4. The van der Waals surface area contributed by atoms with Crippen molar-refractivity contribution < 1.29 is 38.4 Å². The van der Waals surface area contributed by atoms with Crippen molar-refractivity contribution in [2.75, 3.05) is 19.8 Å². The molecule has 34 heavy (non-hydrogen) atoms. The number of rotatable bonds is 11. The molecule has 178 valence electrons. The van der Waals surface area contributed by atoms with Gasteiger partial charge in [-0.3, -0.25) is 0 Å². The van der Waals surface area contributed by atoms with Crippen LogP contribution in [-0.4, -0.2) is 42.8 Å². The third-order valence-electron chi connectivity index (χ3n) is 4.27. The van der Waals surface area contributed by atoms with E-state index in [0.717, 1.165) is 5.56 Å². The fraction of sp³-hybridized carbons (Fsp3) is 0.192. The summed E-state index contributed by atoms with van der Waals surface area (Å²) in [4.78, 5) is 35.1. The molecule has 0 heterocycles. The highest BCUT2D eigenvalue weighted by atomic mass is 16.6. The summed E-state index contributed by atoms with van der Waals surface area (Å²) in [5, 5.41) is 8.88. The van der Waals surface area contributed by atoms with Crippen LogP contribution >= 0.6 is 0 Å². The van der Waals surface area contributed by atoms with Crippen molar-refractivity contribution in [1.82, 2.24) is 0 Å². The maximum atomic E-state index is 12.1. The minimum Gasteiger partial charge on any atom is -0.490 e. The Labute approximate surface area is 197 Å². The van der Waals surface area contributed by atoms with Crippen molar-refractivity contribution >= 4 is 24.0 Å². The van der Waals surface area contributed by atoms with Gasteiger partial charge in [-0.2, -0.15) is 0 Å². The minimum absolute atomic E-state index is 0.0503. The number of aliphatic hydroxyl groups excluding tert-OH is 1. The van der Waals surface area contributed by atoms with E-state index < -0.39 is 24.5 Å². The first-order valence-electron chi connectivity index (χ1n) is 10.3. The molecule has 0 spiro atoms. The van der Waals surface area contributed by atoms with E-state index in [1.165, 1.54) is 6.08 Å². The average molecular weight is 466 g/mol. The minimum atomic E-state index is -0.715. The summed E-state index contributed by atoms with van der Waals surface area (Å²) in [6.07, 6.45) is 2.82. The van der Waals surface area contributed by atoms with E-state index in [-0.39, 0.29) is 24.5 Å². The van der Waals surface area contributed by atoms with Gasteiger partial charge in [0.15, 0.2) is 0 Å². The van der Waals surface area contributed by atoms with Crippen LogP contribution in [0.25, 0.3) is 6.08 Å². The maximum absolute atomic E-state index is 12.1. The Morgan fingerprint density at radius 3 is 2.24 bits per heavy atom. The predicted molar refractivity (Wildman–Crippen MR) is 125 cm³/mol. The van der Waals surface area contributed by atoms with E-state index >= 15 is 0 Å². The monoisotopic (exact) mass is 466 g/mol. The fourth-order valence-corrected chi connectivity index (χ4v) is 2.46. The first-order chi connectivity index (χ1) is 16.2. The van der Waals surface area contributed by atoms with Gasteiger partial charge in [0.2, 0.25) is 0 Å². The third-order valence-corrected chi connectivity index (χ3v) is 4.27. The molecule has 8 nitrogen and oxygen atoms in total. The largest absolute Gasteiger partial charge is 0.490 e. The number of carbonyl (C=O) groups excluding carboxylic acids is 3. The van der Waals surface area contributed by atoms with Crippen molar-refractivity contribution in [2.24, 2.45) is 0 Å². The molecule has 0 aliphatic rings. The van der Waals surface area contributed by atoms with Gasteiger partial charge in [-0.25, -0.2) is 14.4 Å². The van der Waals surface area contributed by atoms with E-state index in [2.05, 4.69) is 13.2 Å². The molecule has 0 radical (unpaired) electrons. The molecule has 1 N–H and O–H groups in total. The fourth-order valence-electron chi connectivity index (χ4n) is 2.46. The number of hydrogen-bond donors (Lipinski definition) is 1. The number of aliphatic hydroxyl groups is 1. The van der Waals surface area contributed by atoms with Gasteiger partial charge in [0.25, 0.3) is 0 Å². The van der Waals surface area contributed by atoms with Crippen LogP contribution in [0.15, 0.2) is 72.8 Å². The maximum Gasteiger partial charge on any atom is 0.341 e. The highest BCUT2D eigenvalue weighted by Gasteiger charge is 2.09. The van der Waals surface area contributed by atoms with Crippen LogP contribution in [0.5, 0.6) is 17.2 Å². The molecule has 0 saturated heterocycles. The van der Waals surface area contributed by atoms with E-state index in [1.807, 2.05) is 0 Å². The predicted octanol–water partition coefficient (Wildman–Crippen LogP) is 3.57. The molecule has 0 aliphatic heterocycles. The van der Waals surface area contributed by atoms with E-state index in [1.54, 1.807) is 62.4 Å². The molecule has 8 heteroatoms. The Balaban J connectivity index is 1.85. The Bertz CT molecular complexity index is 1100. The van der Waals surface area contributed by atoms with E-state index in [4.69, 9.17) is 24.1 Å². The molecule has 0 fully saturated rings. The number of esters is 3. The first-order valence-corrected chi connectivity index (χ1v) is 10.3. The van der Waals surface area contributed by atoms with Crippen molar-refractivity contribution in [3.63, 3.8) is 0 Å². The summed E-state index contributed by atoms with van der Waals surface area (Å²) < 4.78 is 20.9. The van der Waals surface area contributed by atoms with Crippen LogP contribution in [0.3, 0.4) is 0 Å². The molecular formula is C26H26O8. The molecule has 0 atom stereocenters. The number of carbonyl (C=O) groups is 3. The third kappa shape index (κ3) is 8.40. The number of aryl methyl sites for hydroxylation is 1. The second kappa shape index (κ2) is 12.8. The Morgan fingerprint density at radius 1 is 0.941 bits per heavy atom. The summed E-state index contributed by atoms with van der Waals surface area (Å²) in [6.45, 7) is 10.0. The summed E-state index contributed by atoms with van der Waals surface area (Å²) in [7, 11) is 0. The lowest BCUT2D eigenvalue weighted by atomic mass is 10.2. The average Bonchev–Trinajstić information content (AvgIpc) is 2.81. The topological polar surface area (TPSA) is 108 Å². The first kappa shape index (κ1) is 26.1. The van der Waals surface area contributed by atoms with Gasteiger partial charge >= 0.3 is 17.9 Å². The van der Waals surface area contributed by atoms with Gasteiger partial charge in [-0.05, 0) is 61.4 Å². The standard InChI is InChI=1S/C26H26O8/c1-17(2)25(29)32-14-13-31-23-11-10-22(15-18(23)3)33-24(28)12-7-20-5-8-21(9-6-20)34-26(30)19(4)16-27/h5-12,15,27H,1,4,13-14,16H2,2-3H3/b12-7+. The van der Waals surface area contributed by atoms with Crippen molar-refractivity contribution in [3.05, 3.63) is 84.0 Å². The van der Waals surface area contributed by atoms with Crippen LogP contribution in [0.2, 0.25) is 0 Å². The molecule has 0 bridgehead atoms. The normalized spacial score (nSPS) is 10.4. The molecule has 0 saturated carbocycles. The molecule has 0 amide bonds. The van der Waals surface area contributed by atoms with E-state index in [0.29, 0.717) is 22.6 Å². The Hall–Kier alpha value is -4.17. The lowest BCUT2D eigenvalue weighted by Crippen LogP contribution is -2.12. The van der Waals surface area contributed by atoms with Crippen molar-refractivity contribution in [1.29, 1.82) is 0 Å². The van der Waals surface area contributed by atoms with Crippen LogP contribution in [0.1, 0.15) is 18.1 Å². The summed E-state index contributed by atoms with van der Waals surface area (Å²) in [6, 6.07) is 11.3. The second-order valence-electron chi connectivity index (χ2n) is 7.17. The van der Waals surface area contributed by atoms with Gasteiger partial charge < -0.3 is 24.1 Å². The van der Waals surface area contributed by atoms with Crippen LogP contribution < -0.4 is 14.2 Å². The highest BCUT2D eigenvalue weighted by Crippen LogP contribution is 2.24. The smallest absolute Gasteiger partial charge is 0.341 e. The van der Waals surface area contributed by atoms with Gasteiger partial charge in [-0.1, -0.05) is 25.3 Å². The molecule has 2 aromatic rings. The van der Waals surface area contributed by atoms with Crippen LogP contribution in [0.4, 0.5) is 0 Å². The Kier molecular flexibility index (Phi) is 9.79. The summed E-state index contributed by atoms with van der Waals surface area (Å²) >= 11 is 0. The quantitative estimate of drug-likeness (QED) is 0.232. The van der Waals surface area contributed by atoms with Crippen LogP contribution in [-0.2, 0) is 19.1 Å². The molecule has 0 aliphatic carbocycles. The van der Waals surface area contributed by atoms with Gasteiger partial charge in [0.05, 0.1) is 12.2 Å². The SMILES string of the molecule is C=C(C)C(=O)OCCOc1ccc(OC(=O)/C=C/c2ccc(OC(=O)C(=C)CO)cc2)cc1C. The zero-order valence-electron chi connectivity index (χ0n) is 19.0. The molecule has 2 rings (SSSR count). The van der Waals surface area contributed by atoms with Gasteiger partial charge in [-0.15, -0.1) is 0 Å². The molecule has 0 aromatic heterocycles. The van der Waals surface area contributed by atoms with Gasteiger partial charge in [0, 0.05) is 11.6 Å². The second-order valence-corrected chi connectivity index (χ2v) is 7.17. The molecule has 0 unspecified atom stereocenters. The van der Waals surface area contributed by atoms with Crippen LogP contribution in [0, 0.1) is 6.92 Å². The zero-order chi connectivity index (χ0) is 25.1. The molecular weight excluding hydrogens is 440 g/mol. The lowest BCUT2D eigenvalue weighted by molar-refractivity contribution is -0.139. The van der Waals surface area contributed by atoms with Crippen molar-refractivity contribution in [3.8, 4) is 17.2 Å².